The van der Waals surface area contributed by atoms with Gasteiger partial charge in [-0.1, -0.05) is 6.07 Å². The molecule has 1 saturated heterocycles. The number of nitriles is 1. The van der Waals surface area contributed by atoms with Crippen molar-refractivity contribution in [3.63, 3.8) is 0 Å². The Morgan fingerprint density at radius 1 is 1.50 bits per heavy atom. The van der Waals surface area contributed by atoms with E-state index in [-0.39, 0.29) is 24.1 Å². The number of benzene rings is 1. The number of hydrogen-bond donors (Lipinski definition) is 4. The highest BCUT2D eigenvalue weighted by molar-refractivity contribution is 7.89. The molecule has 2 unspecified atom stereocenters. The fourth-order valence-corrected chi connectivity index (χ4v) is 4.06. The van der Waals surface area contributed by atoms with Crippen LogP contribution >= 0.6 is 0 Å². The van der Waals surface area contributed by atoms with Gasteiger partial charge in [-0.15, -0.1) is 0 Å². The Hall–Kier alpha value is -1.86. The van der Waals surface area contributed by atoms with Gasteiger partial charge in [0, 0.05) is 31.4 Å². The summed E-state index contributed by atoms with van der Waals surface area (Å²) in [6.45, 7) is 2.37. The van der Waals surface area contributed by atoms with Gasteiger partial charge in [-0.25, -0.2) is 13.1 Å². The Kier molecular flexibility index (Phi) is 6.01. The zero-order valence-corrected chi connectivity index (χ0v) is 14.3. The highest BCUT2D eigenvalue weighted by Crippen LogP contribution is 2.21. The van der Waals surface area contributed by atoms with Crippen molar-refractivity contribution in [1.82, 2.24) is 9.62 Å². The molecule has 1 aromatic rings. The first kappa shape index (κ1) is 18.5. The fourth-order valence-electron chi connectivity index (χ4n) is 2.53. The molecular formula is C15H22N4O4S. The van der Waals surface area contributed by atoms with Crippen molar-refractivity contribution in [3.8, 4) is 6.19 Å². The number of aliphatic hydroxyl groups excluding tert-OH is 2. The summed E-state index contributed by atoms with van der Waals surface area (Å²) in [7, 11) is -3.71. The van der Waals surface area contributed by atoms with E-state index >= 15 is 0 Å². The number of likely N-dealkylation sites (tertiary alicyclic amines) is 1. The van der Waals surface area contributed by atoms with Gasteiger partial charge in [-0.2, -0.15) is 5.26 Å². The summed E-state index contributed by atoms with van der Waals surface area (Å²) in [6, 6.07) is 4.60. The van der Waals surface area contributed by atoms with Crippen molar-refractivity contribution in [2.75, 3.05) is 31.6 Å². The lowest BCUT2D eigenvalue weighted by Crippen LogP contribution is -2.36. The third-order valence-corrected chi connectivity index (χ3v) is 5.54. The van der Waals surface area contributed by atoms with E-state index in [0.29, 0.717) is 30.8 Å². The van der Waals surface area contributed by atoms with E-state index in [9.17, 15) is 13.5 Å². The molecule has 0 spiro atoms. The molecule has 4 N–H and O–H groups in total. The average molecular weight is 354 g/mol. The van der Waals surface area contributed by atoms with Crippen molar-refractivity contribution in [3.05, 3.63) is 23.8 Å². The lowest BCUT2D eigenvalue weighted by Gasteiger charge is -2.16. The maximum absolute atomic E-state index is 12.6. The molecular weight excluding hydrogens is 332 g/mol. The molecule has 1 fully saturated rings. The van der Waals surface area contributed by atoms with E-state index < -0.39 is 16.1 Å². The Bertz CT molecular complexity index is 717. The minimum absolute atomic E-state index is 0.117. The van der Waals surface area contributed by atoms with E-state index in [4.69, 9.17) is 10.4 Å². The van der Waals surface area contributed by atoms with Gasteiger partial charge in [0.25, 0.3) is 0 Å². The molecule has 1 aliphatic rings. The molecule has 2 atom stereocenters. The highest BCUT2D eigenvalue weighted by atomic mass is 32.2. The van der Waals surface area contributed by atoms with Gasteiger partial charge < -0.3 is 20.4 Å². The van der Waals surface area contributed by atoms with Crippen LogP contribution < -0.4 is 10.0 Å². The number of sulfonamides is 1. The van der Waals surface area contributed by atoms with Crippen molar-refractivity contribution in [2.24, 2.45) is 0 Å². The first-order valence-corrected chi connectivity index (χ1v) is 9.14. The summed E-state index contributed by atoms with van der Waals surface area (Å²) in [5, 5.41) is 29.9. The molecule has 0 saturated carbocycles. The molecule has 0 bridgehead atoms. The second-order valence-corrected chi connectivity index (χ2v) is 7.53. The topological polar surface area (TPSA) is 126 Å². The van der Waals surface area contributed by atoms with Crippen LogP contribution in [0.25, 0.3) is 0 Å². The Morgan fingerprint density at radius 2 is 2.25 bits per heavy atom. The standard InChI is InChI=1S/C15H22N4O4S/c1-11-2-3-12(17-7-14(21)9-20)6-15(11)24(22,23)18-13-4-5-19(8-13)10-16/h2-3,6,13-14,17-18,20-21H,4-5,7-9H2,1H3. The van der Waals surface area contributed by atoms with Gasteiger partial charge in [-0.05, 0) is 31.0 Å². The SMILES string of the molecule is Cc1ccc(NCC(O)CO)cc1S(=O)(=O)NC1CCN(C#N)C1. The van der Waals surface area contributed by atoms with E-state index in [2.05, 4.69) is 10.0 Å². The molecule has 9 heteroatoms. The van der Waals surface area contributed by atoms with Crippen molar-refractivity contribution < 1.29 is 18.6 Å². The summed E-state index contributed by atoms with van der Waals surface area (Å²) in [4.78, 5) is 1.68. The summed E-state index contributed by atoms with van der Waals surface area (Å²) in [5.41, 5.74) is 1.14. The van der Waals surface area contributed by atoms with Crippen molar-refractivity contribution >= 4 is 15.7 Å². The number of nitrogens with one attached hydrogen (secondary N) is 2. The lowest BCUT2D eigenvalue weighted by atomic mass is 10.2. The number of aryl methyl sites for hydroxylation is 1. The van der Waals surface area contributed by atoms with Crippen LogP contribution in [0.4, 0.5) is 5.69 Å². The van der Waals surface area contributed by atoms with Gasteiger partial charge in [0.15, 0.2) is 6.19 Å². The van der Waals surface area contributed by atoms with Crippen LogP contribution in [0.15, 0.2) is 23.1 Å². The van der Waals surface area contributed by atoms with E-state index in [1.54, 1.807) is 19.1 Å². The number of hydrogen-bond acceptors (Lipinski definition) is 7. The molecule has 8 nitrogen and oxygen atoms in total. The van der Waals surface area contributed by atoms with E-state index in [1.807, 2.05) is 6.19 Å². The molecule has 2 rings (SSSR count). The number of nitrogens with zero attached hydrogens (tertiary/aromatic N) is 2. The molecule has 0 amide bonds. The maximum Gasteiger partial charge on any atom is 0.241 e. The monoisotopic (exact) mass is 354 g/mol. The van der Waals surface area contributed by atoms with Gasteiger partial charge in [0.1, 0.15) is 0 Å². The zero-order chi connectivity index (χ0) is 17.7. The third kappa shape index (κ3) is 4.58. The predicted octanol–water partition coefficient (Wildman–Crippen LogP) is -0.406. The number of anilines is 1. The highest BCUT2D eigenvalue weighted by Gasteiger charge is 2.27. The van der Waals surface area contributed by atoms with Gasteiger partial charge in [-0.3, -0.25) is 0 Å². The minimum atomic E-state index is -3.71. The Labute approximate surface area is 141 Å². The van der Waals surface area contributed by atoms with Crippen LogP contribution in [-0.4, -0.2) is 61.9 Å². The fraction of sp³-hybridized carbons (Fsp3) is 0.533. The normalized spacial score (nSPS) is 19.1. The van der Waals surface area contributed by atoms with Crippen LogP contribution in [0.5, 0.6) is 0 Å². The molecule has 0 aromatic heterocycles. The quantitative estimate of drug-likeness (QED) is 0.491. The first-order valence-electron chi connectivity index (χ1n) is 7.66. The average Bonchev–Trinajstić information content (AvgIpc) is 3.00. The van der Waals surface area contributed by atoms with E-state index in [1.165, 1.54) is 11.0 Å². The summed E-state index contributed by atoms with van der Waals surface area (Å²) >= 11 is 0. The number of rotatable bonds is 7. The summed E-state index contributed by atoms with van der Waals surface area (Å²) in [5.74, 6) is 0. The first-order chi connectivity index (χ1) is 11.4. The second-order valence-electron chi connectivity index (χ2n) is 5.85. The maximum atomic E-state index is 12.6. The van der Waals surface area contributed by atoms with Gasteiger partial charge in [0.05, 0.1) is 17.6 Å². The summed E-state index contributed by atoms with van der Waals surface area (Å²) < 4.78 is 27.9. The van der Waals surface area contributed by atoms with Gasteiger partial charge >= 0.3 is 0 Å². The molecule has 1 aromatic carbocycles. The molecule has 1 aliphatic heterocycles. The molecule has 132 valence electrons. The van der Waals surface area contributed by atoms with Crippen molar-refractivity contribution in [1.29, 1.82) is 5.26 Å². The van der Waals surface area contributed by atoms with Crippen LogP contribution in [0.2, 0.25) is 0 Å². The van der Waals surface area contributed by atoms with Crippen molar-refractivity contribution in [2.45, 2.75) is 30.4 Å². The van der Waals surface area contributed by atoms with Crippen LogP contribution in [0.3, 0.4) is 0 Å². The van der Waals surface area contributed by atoms with Crippen LogP contribution in [0, 0.1) is 18.4 Å². The van der Waals surface area contributed by atoms with Crippen LogP contribution in [0.1, 0.15) is 12.0 Å². The van der Waals surface area contributed by atoms with Crippen LogP contribution in [-0.2, 0) is 10.0 Å². The third-order valence-electron chi connectivity index (χ3n) is 3.88. The largest absolute Gasteiger partial charge is 0.394 e. The second kappa shape index (κ2) is 7.81. The molecule has 0 aliphatic carbocycles. The lowest BCUT2D eigenvalue weighted by molar-refractivity contribution is 0.105. The molecule has 0 radical (unpaired) electrons. The number of aliphatic hydroxyl groups is 2. The Balaban J connectivity index is 2.12. The predicted molar refractivity (Wildman–Crippen MR) is 88.7 cm³/mol. The van der Waals surface area contributed by atoms with E-state index in [0.717, 1.165) is 0 Å². The van der Waals surface area contributed by atoms with Gasteiger partial charge in [0.2, 0.25) is 10.0 Å². The zero-order valence-electron chi connectivity index (χ0n) is 13.4. The minimum Gasteiger partial charge on any atom is -0.394 e. The molecule has 1 heterocycles. The Morgan fingerprint density at radius 3 is 2.88 bits per heavy atom. The molecule has 24 heavy (non-hydrogen) atoms. The smallest absolute Gasteiger partial charge is 0.241 e. The summed E-state index contributed by atoms with van der Waals surface area (Å²) in [6.07, 6.45) is 1.69.